The van der Waals surface area contributed by atoms with Gasteiger partial charge in [-0.25, -0.2) is 0 Å². The minimum atomic E-state index is -0.0863. The lowest BCUT2D eigenvalue weighted by atomic mass is 9.98. The Morgan fingerprint density at radius 2 is 2.21 bits per heavy atom. The highest BCUT2D eigenvalue weighted by Gasteiger charge is 2.41. The van der Waals surface area contributed by atoms with E-state index in [0.717, 1.165) is 13.2 Å². The molecule has 0 bridgehead atoms. The number of fused-ring (bicyclic) bond motifs is 1. The lowest BCUT2D eigenvalue weighted by Crippen LogP contribution is -2.58. The van der Waals surface area contributed by atoms with Crippen LogP contribution in [0.5, 0.6) is 0 Å². The van der Waals surface area contributed by atoms with Gasteiger partial charge in [-0.15, -0.1) is 0 Å². The molecule has 2 fully saturated rings. The van der Waals surface area contributed by atoms with E-state index in [9.17, 15) is 5.11 Å². The van der Waals surface area contributed by atoms with E-state index in [0.29, 0.717) is 12.1 Å². The molecule has 1 saturated carbocycles. The Bertz CT molecular complexity index is 205. The second kappa shape index (κ2) is 3.80. The lowest BCUT2D eigenvalue weighted by Gasteiger charge is -2.46. The predicted molar refractivity (Wildman–Crippen MR) is 55.2 cm³/mol. The molecule has 0 spiro atoms. The molecule has 1 aliphatic carbocycles. The Hall–Kier alpha value is -0.120. The normalized spacial score (nSPS) is 34.5. The van der Waals surface area contributed by atoms with E-state index in [1.165, 1.54) is 19.3 Å². The highest BCUT2D eigenvalue weighted by Crippen LogP contribution is 2.33. The second-order valence-electron chi connectivity index (χ2n) is 5.07. The van der Waals surface area contributed by atoms with Gasteiger partial charge in [0.05, 0.1) is 19.3 Å². The van der Waals surface area contributed by atoms with Gasteiger partial charge in [-0.2, -0.15) is 0 Å². The summed E-state index contributed by atoms with van der Waals surface area (Å²) in [5.74, 6) is 0. The van der Waals surface area contributed by atoms with E-state index >= 15 is 0 Å². The molecule has 2 rings (SSSR count). The molecule has 1 aliphatic heterocycles. The minimum absolute atomic E-state index is 0.0863. The summed E-state index contributed by atoms with van der Waals surface area (Å²) in [6.07, 6.45) is 4.12. The largest absolute Gasteiger partial charge is 0.394 e. The van der Waals surface area contributed by atoms with Gasteiger partial charge in [-0.05, 0) is 33.1 Å². The van der Waals surface area contributed by atoms with Crippen LogP contribution < -0.4 is 0 Å². The minimum Gasteiger partial charge on any atom is -0.394 e. The fourth-order valence-electron chi connectivity index (χ4n) is 2.77. The van der Waals surface area contributed by atoms with Gasteiger partial charge in [0, 0.05) is 18.1 Å². The van der Waals surface area contributed by atoms with Crippen LogP contribution in [0.1, 0.15) is 33.1 Å². The highest BCUT2D eigenvalue weighted by atomic mass is 16.5. The van der Waals surface area contributed by atoms with E-state index < -0.39 is 0 Å². The molecule has 3 nitrogen and oxygen atoms in total. The molecule has 1 N–H and O–H groups in total. The molecule has 0 aromatic rings. The zero-order valence-corrected chi connectivity index (χ0v) is 9.20. The van der Waals surface area contributed by atoms with Gasteiger partial charge in [0.25, 0.3) is 0 Å². The first kappa shape index (κ1) is 10.4. The monoisotopic (exact) mass is 199 g/mol. The molecule has 0 radical (unpaired) electrons. The molecule has 1 heterocycles. The number of nitrogens with zero attached hydrogens (tertiary/aromatic N) is 1. The average Bonchev–Trinajstić information content (AvgIpc) is 2.64. The third-order valence-electron chi connectivity index (χ3n) is 3.65. The van der Waals surface area contributed by atoms with Gasteiger partial charge in [0.2, 0.25) is 0 Å². The van der Waals surface area contributed by atoms with Crippen molar-refractivity contribution in [2.45, 2.75) is 50.8 Å². The lowest BCUT2D eigenvalue weighted by molar-refractivity contribution is -0.101. The fourth-order valence-corrected chi connectivity index (χ4v) is 2.77. The van der Waals surface area contributed by atoms with Gasteiger partial charge in [-0.1, -0.05) is 0 Å². The molecule has 2 aliphatic rings. The van der Waals surface area contributed by atoms with Gasteiger partial charge in [-0.3, -0.25) is 4.90 Å². The fraction of sp³-hybridized carbons (Fsp3) is 1.00. The van der Waals surface area contributed by atoms with Crippen molar-refractivity contribution in [3.8, 4) is 0 Å². The molecular formula is C11H21NO2. The number of ether oxygens (including phenoxy) is 1. The van der Waals surface area contributed by atoms with Crippen LogP contribution in [-0.4, -0.2) is 47.4 Å². The number of aliphatic hydroxyl groups excluding tert-OH is 1. The number of hydrogen-bond acceptors (Lipinski definition) is 3. The summed E-state index contributed by atoms with van der Waals surface area (Å²) in [6, 6.07) is 0.547. The van der Waals surface area contributed by atoms with Gasteiger partial charge in [0.1, 0.15) is 0 Å². The second-order valence-corrected chi connectivity index (χ2v) is 5.07. The van der Waals surface area contributed by atoms with Crippen LogP contribution in [0.4, 0.5) is 0 Å². The van der Waals surface area contributed by atoms with E-state index in [4.69, 9.17) is 4.74 Å². The van der Waals surface area contributed by atoms with Crippen LogP contribution in [0.15, 0.2) is 0 Å². The van der Waals surface area contributed by atoms with Crippen molar-refractivity contribution in [3.63, 3.8) is 0 Å². The third-order valence-corrected chi connectivity index (χ3v) is 3.65. The third kappa shape index (κ3) is 1.69. The molecule has 2 atom stereocenters. The van der Waals surface area contributed by atoms with Crippen molar-refractivity contribution in [1.29, 1.82) is 0 Å². The van der Waals surface area contributed by atoms with Crippen molar-refractivity contribution in [1.82, 2.24) is 4.90 Å². The standard InChI is InChI=1S/C11H21NO2/c1-11(2,8-13)12-6-7-14-10-5-3-4-9(10)12/h9-10,13H,3-8H2,1-2H3. The number of rotatable bonds is 2. The van der Waals surface area contributed by atoms with E-state index in [-0.39, 0.29) is 12.1 Å². The van der Waals surface area contributed by atoms with Crippen LogP contribution in [0.3, 0.4) is 0 Å². The smallest absolute Gasteiger partial charge is 0.0731 e. The van der Waals surface area contributed by atoms with Crippen LogP contribution in [0.2, 0.25) is 0 Å². The summed E-state index contributed by atoms with van der Waals surface area (Å²) in [6.45, 7) is 6.26. The van der Waals surface area contributed by atoms with E-state index in [1.807, 2.05) is 0 Å². The molecular weight excluding hydrogens is 178 g/mol. The van der Waals surface area contributed by atoms with Crippen molar-refractivity contribution in [3.05, 3.63) is 0 Å². The maximum absolute atomic E-state index is 9.38. The maximum atomic E-state index is 9.38. The Balaban J connectivity index is 2.10. The quantitative estimate of drug-likeness (QED) is 0.720. The molecule has 0 amide bonds. The van der Waals surface area contributed by atoms with Crippen LogP contribution in [0, 0.1) is 0 Å². The molecule has 82 valence electrons. The summed E-state index contributed by atoms with van der Waals surface area (Å²) in [7, 11) is 0. The average molecular weight is 199 g/mol. The predicted octanol–water partition coefficient (Wildman–Crippen LogP) is 1.01. The Morgan fingerprint density at radius 3 is 2.93 bits per heavy atom. The van der Waals surface area contributed by atoms with Gasteiger partial charge in [0.15, 0.2) is 0 Å². The summed E-state index contributed by atoms with van der Waals surface area (Å²) in [5, 5.41) is 9.38. The van der Waals surface area contributed by atoms with Crippen LogP contribution >= 0.6 is 0 Å². The molecule has 14 heavy (non-hydrogen) atoms. The van der Waals surface area contributed by atoms with Crippen LogP contribution in [-0.2, 0) is 4.74 Å². The molecule has 0 aromatic heterocycles. The number of morpholine rings is 1. The van der Waals surface area contributed by atoms with E-state index in [2.05, 4.69) is 18.7 Å². The zero-order chi connectivity index (χ0) is 10.2. The zero-order valence-electron chi connectivity index (χ0n) is 9.20. The summed E-state index contributed by atoms with van der Waals surface area (Å²) in [4.78, 5) is 2.44. The molecule has 0 aromatic carbocycles. The Labute approximate surface area is 86.0 Å². The van der Waals surface area contributed by atoms with Crippen molar-refractivity contribution >= 4 is 0 Å². The van der Waals surface area contributed by atoms with Crippen molar-refractivity contribution < 1.29 is 9.84 Å². The number of hydrogen-bond donors (Lipinski definition) is 1. The van der Waals surface area contributed by atoms with Gasteiger partial charge >= 0.3 is 0 Å². The summed E-state index contributed by atoms with van der Waals surface area (Å²) in [5.41, 5.74) is -0.0863. The molecule has 3 heteroatoms. The van der Waals surface area contributed by atoms with Crippen molar-refractivity contribution in [2.75, 3.05) is 19.8 Å². The topological polar surface area (TPSA) is 32.7 Å². The highest BCUT2D eigenvalue weighted by molar-refractivity contribution is 4.95. The first-order chi connectivity index (χ1) is 6.65. The SMILES string of the molecule is CC(C)(CO)N1CCOC2CCCC21. The molecule has 2 unspecified atom stereocenters. The molecule has 1 saturated heterocycles. The Kier molecular flexibility index (Phi) is 2.82. The first-order valence-corrected chi connectivity index (χ1v) is 5.64. The van der Waals surface area contributed by atoms with Crippen LogP contribution in [0.25, 0.3) is 0 Å². The maximum Gasteiger partial charge on any atom is 0.0731 e. The van der Waals surface area contributed by atoms with Crippen molar-refractivity contribution in [2.24, 2.45) is 0 Å². The summed E-state index contributed by atoms with van der Waals surface area (Å²) >= 11 is 0. The first-order valence-electron chi connectivity index (χ1n) is 5.64. The van der Waals surface area contributed by atoms with E-state index in [1.54, 1.807) is 0 Å². The summed E-state index contributed by atoms with van der Waals surface area (Å²) < 4.78 is 5.75. The van der Waals surface area contributed by atoms with Gasteiger partial charge < -0.3 is 9.84 Å². The Morgan fingerprint density at radius 1 is 1.43 bits per heavy atom. The number of aliphatic hydroxyl groups is 1.